The number of piperazine rings is 1. The van der Waals surface area contributed by atoms with Crippen LogP contribution in [0.15, 0.2) is 66.1 Å². The summed E-state index contributed by atoms with van der Waals surface area (Å²) < 4.78 is 7.81. The summed E-state index contributed by atoms with van der Waals surface area (Å²) in [4.78, 5) is 38.1. The van der Waals surface area contributed by atoms with Gasteiger partial charge in [-0.2, -0.15) is 5.10 Å². The molecular formula is C28H29N7O3. The molecule has 10 nitrogen and oxygen atoms in total. The summed E-state index contributed by atoms with van der Waals surface area (Å²) in [5, 5.41) is 7.38. The zero-order valence-electron chi connectivity index (χ0n) is 21.5. The van der Waals surface area contributed by atoms with Gasteiger partial charge in [-0.3, -0.25) is 14.5 Å². The molecule has 0 aliphatic carbocycles. The minimum Gasteiger partial charge on any atom is -0.487 e. The Hall–Kier alpha value is -4.31. The highest BCUT2D eigenvalue weighted by Crippen LogP contribution is 2.42. The van der Waals surface area contributed by atoms with Crippen LogP contribution in [0.2, 0.25) is 0 Å². The largest absolute Gasteiger partial charge is 0.487 e. The van der Waals surface area contributed by atoms with Crippen LogP contribution in [-0.4, -0.2) is 75.3 Å². The number of allylic oxidation sites excluding steroid dienone is 1. The van der Waals surface area contributed by atoms with Gasteiger partial charge in [-0.1, -0.05) is 6.58 Å². The van der Waals surface area contributed by atoms with Crippen molar-refractivity contribution < 1.29 is 14.3 Å². The van der Waals surface area contributed by atoms with Crippen molar-refractivity contribution in [2.75, 3.05) is 42.9 Å². The first-order valence-corrected chi connectivity index (χ1v) is 12.7. The van der Waals surface area contributed by atoms with Crippen LogP contribution >= 0.6 is 0 Å². The molecule has 0 radical (unpaired) electrons. The highest BCUT2D eigenvalue weighted by Gasteiger charge is 2.33. The Labute approximate surface area is 220 Å². The van der Waals surface area contributed by atoms with Crippen molar-refractivity contribution >= 4 is 34.5 Å². The Kier molecular flexibility index (Phi) is 5.83. The summed E-state index contributed by atoms with van der Waals surface area (Å²) in [6.45, 7) is 11.8. The number of nitrogens with one attached hydrogen (secondary N) is 1. The van der Waals surface area contributed by atoms with Crippen molar-refractivity contribution in [1.29, 1.82) is 0 Å². The van der Waals surface area contributed by atoms with E-state index in [1.54, 1.807) is 29.1 Å². The fourth-order valence-corrected chi connectivity index (χ4v) is 5.18. The van der Waals surface area contributed by atoms with Crippen LogP contribution in [0.4, 0.5) is 11.4 Å². The van der Waals surface area contributed by atoms with Gasteiger partial charge in [0, 0.05) is 69.2 Å². The summed E-state index contributed by atoms with van der Waals surface area (Å²) >= 11 is 0. The zero-order valence-corrected chi connectivity index (χ0v) is 21.5. The maximum absolute atomic E-state index is 13.4. The van der Waals surface area contributed by atoms with Gasteiger partial charge in [0.2, 0.25) is 0 Å². The van der Waals surface area contributed by atoms with Crippen LogP contribution in [0.5, 0.6) is 5.75 Å². The van der Waals surface area contributed by atoms with E-state index in [1.165, 1.54) is 12.3 Å². The van der Waals surface area contributed by atoms with E-state index >= 15 is 0 Å². The van der Waals surface area contributed by atoms with Gasteiger partial charge in [0.25, 0.3) is 11.8 Å². The molecule has 3 aliphatic rings. The monoisotopic (exact) mass is 511 g/mol. The van der Waals surface area contributed by atoms with Crippen molar-refractivity contribution in [3.63, 3.8) is 0 Å². The molecule has 1 saturated heterocycles. The second kappa shape index (κ2) is 9.21. The molecule has 0 unspecified atom stereocenters. The molecule has 1 fully saturated rings. The van der Waals surface area contributed by atoms with Crippen molar-refractivity contribution in [2.45, 2.75) is 25.9 Å². The van der Waals surface area contributed by atoms with Gasteiger partial charge in [-0.25, -0.2) is 14.5 Å². The normalized spacial score (nSPS) is 18.9. The Balaban J connectivity index is 1.24. The van der Waals surface area contributed by atoms with Crippen molar-refractivity contribution in [3.05, 3.63) is 72.2 Å². The van der Waals surface area contributed by atoms with Crippen LogP contribution in [0.25, 0.3) is 5.65 Å². The minimum absolute atomic E-state index is 0.242. The van der Waals surface area contributed by atoms with E-state index in [4.69, 9.17) is 4.74 Å². The number of ether oxygens (including phenoxy) is 1. The molecule has 0 bridgehead atoms. The van der Waals surface area contributed by atoms with Crippen LogP contribution < -0.4 is 15.0 Å². The SMILES string of the molecule is C=C1C=CC(=O)N=C1CN1CCN(c2cc3c(cc2NC(=O)c2cnn4cccnc24)CC(C)(C)O3)CC1. The van der Waals surface area contributed by atoms with Gasteiger partial charge < -0.3 is 15.0 Å². The number of hydrogen-bond donors (Lipinski definition) is 1. The Morgan fingerprint density at radius 3 is 2.82 bits per heavy atom. The number of anilines is 2. The highest BCUT2D eigenvalue weighted by molar-refractivity contribution is 6.14. The number of fused-ring (bicyclic) bond motifs is 2. The summed E-state index contributed by atoms with van der Waals surface area (Å²) in [5.41, 5.74) is 4.82. The zero-order chi connectivity index (χ0) is 26.4. The Morgan fingerprint density at radius 2 is 2.00 bits per heavy atom. The van der Waals surface area contributed by atoms with Crippen LogP contribution in [0.1, 0.15) is 29.8 Å². The van der Waals surface area contributed by atoms with Crippen molar-refractivity contribution in [3.8, 4) is 5.75 Å². The Bertz CT molecular complexity index is 1530. The number of carbonyl (C=O) groups is 2. The topological polar surface area (TPSA) is 104 Å². The fourth-order valence-electron chi connectivity index (χ4n) is 5.18. The van der Waals surface area contributed by atoms with E-state index < -0.39 is 0 Å². The molecule has 194 valence electrons. The van der Waals surface area contributed by atoms with Gasteiger partial charge in [0.05, 0.1) is 23.3 Å². The lowest BCUT2D eigenvalue weighted by Gasteiger charge is -2.37. The van der Waals surface area contributed by atoms with Gasteiger partial charge in [0.15, 0.2) is 5.65 Å². The predicted molar refractivity (Wildman–Crippen MR) is 145 cm³/mol. The van der Waals surface area contributed by atoms with Crippen molar-refractivity contribution in [2.24, 2.45) is 4.99 Å². The summed E-state index contributed by atoms with van der Waals surface area (Å²) in [5.74, 6) is 0.346. The number of dihydropyridines is 1. The first-order chi connectivity index (χ1) is 18.3. The maximum Gasteiger partial charge on any atom is 0.270 e. The predicted octanol–water partition coefficient (Wildman–Crippen LogP) is 2.91. The quantitative estimate of drug-likeness (QED) is 0.562. The lowest BCUT2D eigenvalue weighted by Crippen LogP contribution is -2.48. The molecule has 3 aliphatic heterocycles. The molecule has 38 heavy (non-hydrogen) atoms. The third kappa shape index (κ3) is 4.58. The summed E-state index contributed by atoms with van der Waals surface area (Å²) in [6, 6.07) is 5.84. The third-order valence-electron chi connectivity index (χ3n) is 7.08. The number of aliphatic imine (C=N–C) groups is 1. The smallest absolute Gasteiger partial charge is 0.270 e. The number of carbonyl (C=O) groups excluding carboxylic acids is 2. The molecule has 6 rings (SSSR count). The molecule has 0 atom stereocenters. The number of hydrogen-bond acceptors (Lipinski definition) is 7. The average Bonchev–Trinajstić information content (AvgIpc) is 3.45. The van der Waals surface area contributed by atoms with E-state index in [-0.39, 0.29) is 17.4 Å². The highest BCUT2D eigenvalue weighted by atomic mass is 16.5. The molecular weight excluding hydrogens is 482 g/mol. The van der Waals surface area contributed by atoms with Gasteiger partial charge >= 0.3 is 0 Å². The summed E-state index contributed by atoms with van der Waals surface area (Å²) in [6.07, 6.45) is 8.88. The van der Waals surface area contributed by atoms with Crippen LogP contribution in [0.3, 0.4) is 0 Å². The van der Waals surface area contributed by atoms with Gasteiger partial charge in [-0.15, -0.1) is 0 Å². The third-order valence-corrected chi connectivity index (χ3v) is 7.08. The van der Waals surface area contributed by atoms with Gasteiger partial charge in [0.1, 0.15) is 16.9 Å². The number of aromatic nitrogens is 3. The number of amides is 2. The number of nitrogens with zero attached hydrogens (tertiary/aromatic N) is 6. The molecule has 2 amide bonds. The molecule has 1 N–H and O–H groups in total. The minimum atomic E-state index is -0.303. The number of benzene rings is 1. The summed E-state index contributed by atoms with van der Waals surface area (Å²) in [7, 11) is 0. The van der Waals surface area contributed by atoms with E-state index in [0.717, 1.165) is 60.9 Å². The van der Waals surface area contributed by atoms with E-state index in [1.807, 2.05) is 12.1 Å². The van der Waals surface area contributed by atoms with Crippen molar-refractivity contribution in [1.82, 2.24) is 19.5 Å². The van der Waals surface area contributed by atoms with E-state index in [2.05, 4.69) is 50.6 Å². The lowest BCUT2D eigenvalue weighted by molar-refractivity contribution is -0.113. The molecule has 3 aromatic rings. The molecule has 1 aromatic carbocycles. The Morgan fingerprint density at radius 1 is 1.18 bits per heavy atom. The lowest BCUT2D eigenvalue weighted by atomic mass is 10.0. The second-order valence-corrected chi connectivity index (χ2v) is 10.4. The van der Waals surface area contributed by atoms with E-state index in [0.29, 0.717) is 23.5 Å². The first kappa shape index (κ1) is 24.1. The second-order valence-electron chi connectivity index (χ2n) is 10.4. The fraction of sp³-hybridized carbons (Fsp3) is 0.321. The molecule has 10 heteroatoms. The number of rotatable bonds is 5. The van der Waals surface area contributed by atoms with E-state index in [9.17, 15) is 9.59 Å². The van der Waals surface area contributed by atoms with Gasteiger partial charge in [-0.05, 0) is 37.6 Å². The van der Waals surface area contributed by atoms with Crippen LogP contribution in [-0.2, 0) is 11.2 Å². The van der Waals surface area contributed by atoms with Crippen LogP contribution in [0, 0.1) is 0 Å². The standard InChI is InChI=1S/C28H29N7O3/c1-18-5-6-25(36)31-22(18)17-33-9-11-34(12-10-33)23-14-24-19(15-28(2,3)38-24)13-21(23)32-27(37)20-16-30-35-8-4-7-29-26(20)35/h4-8,13-14,16H,1,9-12,15,17H2,2-3H3,(H,32,37). The molecule has 2 aromatic heterocycles. The molecule has 0 spiro atoms. The molecule has 0 saturated carbocycles. The maximum atomic E-state index is 13.4. The average molecular weight is 512 g/mol. The molecule has 5 heterocycles. The first-order valence-electron chi connectivity index (χ1n) is 12.7.